The number of carbonyl (C=O) groups excluding carboxylic acids is 1. The fourth-order valence-electron chi connectivity index (χ4n) is 4.74. The van der Waals surface area contributed by atoms with E-state index in [2.05, 4.69) is 17.1 Å². The van der Waals surface area contributed by atoms with Gasteiger partial charge in [0, 0.05) is 6.54 Å². The molecule has 4 fully saturated rings. The summed E-state index contributed by atoms with van der Waals surface area (Å²) >= 11 is 0. The summed E-state index contributed by atoms with van der Waals surface area (Å²) in [6.07, 6.45) is 9.21. The topological polar surface area (TPSA) is 32.3 Å². The zero-order valence-corrected chi connectivity index (χ0v) is 11.3. The lowest BCUT2D eigenvalue weighted by Gasteiger charge is -2.30. The zero-order valence-electron chi connectivity index (χ0n) is 11.3. The van der Waals surface area contributed by atoms with Gasteiger partial charge < -0.3 is 4.90 Å². The molecule has 1 saturated heterocycles. The molecule has 1 aliphatic heterocycles. The number of fused-ring (bicyclic) bond motifs is 2. The van der Waals surface area contributed by atoms with Crippen LogP contribution in [-0.4, -0.2) is 29.1 Å². The maximum absolute atomic E-state index is 12.5. The smallest absolute Gasteiger partial charge is 0.244 e. The third-order valence-corrected chi connectivity index (χ3v) is 5.94. The molecule has 2 bridgehead atoms. The summed E-state index contributed by atoms with van der Waals surface area (Å²) in [4.78, 5) is 14.7. The van der Waals surface area contributed by atoms with Crippen molar-refractivity contribution in [2.45, 2.75) is 63.6 Å². The van der Waals surface area contributed by atoms with Crippen LogP contribution >= 0.6 is 0 Å². The van der Waals surface area contributed by atoms with Crippen molar-refractivity contribution < 1.29 is 4.79 Å². The lowest BCUT2D eigenvalue weighted by atomic mass is 9.88. The van der Waals surface area contributed by atoms with Crippen LogP contribution in [0.5, 0.6) is 0 Å². The second-order valence-corrected chi connectivity index (χ2v) is 7.04. The first kappa shape index (κ1) is 11.3. The van der Waals surface area contributed by atoms with E-state index >= 15 is 0 Å². The molecule has 4 atom stereocenters. The Hall–Kier alpha value is -0.570. The monoisotopic (exact) mass is 248 g/mol. The average molecular weight is 248 g/mol. The molecular formula is C15H24N2O. The normalized spacial score (nSPS) is 44.3. The van der Waals surface area contributed by atoms with E-state index < -0.39 is 0 Å². The van der Waals surface area contributed by atoms with Crippen LogP contribution in [0.2, 0.25) is 0 Å². The van der Waals surface area contributed by atoms with E-state index in [1.54, 1.807) is 0 Å². The van der Waals surface area contributed by atoms with Crippen LogP contribution in [0.25, 0.3) is 0 Å². The van der Waals surface area contributed by atoms with Gasteiger partial charge in [0.15, 0.2) is 0 Å². The molecule has 4 rings (SSSR count). The first-order valence-corrected chi connectivity index (χ1v) is 7.80. The summed E-state index contributed by atoms with van der Waals surface area (Å²) < 4.78 is 0. The van der Waals surface area contributed by atoms with E-state index in [0.29, 0.717) is 12.1 Å². The number of hydrogen-bond acceptors (Lipinski definition) is 2. The Kier molecular flexibility index (Phi) is 2.33. The quantitative estimate of drug-likeness (QED) is 0.830. The molecule has 3 heteroatoms. The fraction of sp³-hybridized carbons (Fsp3) is 0.933. The Labute approximate surface area is 109 Å². The Morgan fingerprint density at radius 1 is 1.33 bits per heavy atom. The minimum absolute atomic E-state index is 0.113. The van der Waals surface area contributed by atoms with E-state index in [9.17, 15) is 4.79 Å². The van der Waals surface area contributed by atoms with Crippen LogP contribution < -0.4 is 5.32 Å². The molecule has 1 N–H and O–H groups in total. The first-order valence-electron chi connectivity index (χ1n) is 7.80. The van der Waals surface area contributed by atoms with Gasteiger partial charge >= 0.3 is 0 Å². The molecular weight excluding hydrogens is 224 g/mol. The molecule has 18 heavy (non-hydrogen) atoms. The summed E-state index contributed by atoms with van der Waals surface area (Å²) in [5.74, 6) is 3.13. The Bertz CT molecular complexity index is 377. The van der Waals surface area contributed by atoms with Crippen LogP contribution in [0.3, 0.4) is 0 Å². The number of nitrogens with one attached hydrogen (secondary N) is 1. The van der Waals surface area contributed by atoms with Crippen molar-refractivity contribution in [3.8, 4) is 0 Å². The van der Waals surface area contributed by atoms with Crippen molar-refractivity contribution >= 4 is 5.91 Å². The Balaban J connectivity index is 1.48. The molecule has 3 saturated carbocycles. The Morgan fingerprint density at radius 2 is 2.17 bits per heavy atom. The van der Waals surface area contributed by atoms with Crippen LogP contribution in [-0.2, 0) is 4.79 Å². The van der Waals surface area contributed by atoms with Gasteiger partial charge in [0.2, 0.25) is 5.91 Å². The highest BCUT2D eigenvalue weighted by Gasteiger charge is 2.59. The van der Waals surface area contributed by atoms with Crippen molar-refractivity contribution in [3.63, 3.8) is 0 Å². The van der Waals surface area contributed by atoms with E-state index in [4.69, 9.17) is 0 Å². The number of rotatable bonds is 3. The second kappa shape index (κ2) is 3.72. The molecule has 4 unspecified atom stereocenters. The summed E-state index contributed by atoms with van der Waals surface area (Å²) in [6.45, 7) is 3.23. The largest absolute Gasteiger partial charge is 0.325 e. The average Bonchev–Trinajstić information content (AvgIpc) is 2.76. The van der Waals surface area contributed by atoms with Crippen LogP contribution in [0.4, 0.5) is 0 Å². The van der Waals surface area contributed by atoms with Crippen molar-refractivity contribution in [2.24, 2.45) is 17.8 Å². The van der Waals surface area contributed by atoms with E-state index in [1.165, 1.54) is 25.7 Å². The summed E-state index contributed by atoms with van der Waals surface area (Å²) in [7, 11) is 0. The molecule has 0 aromatic heterocycles. The third-order valence-electron chi connectivity index (χ3n) is 5.94. The van der Waals surface area contributed by atoms with Crippen LogP contribution in [0.15, 0.2) is 0 Å². The van der Waals surface area contributed by atoms with Gasteiger partial charge in [0.05, 0.1) is 11.7 Å². The predicted molar refractivity (Wildman–Crippen MR) is 69.8 cm³/mol. The fourth-order valence-corrected chi connectivity index (χ4v) is 4.74. The predicted octanol–water partition coefficient (Wildman–Crippen LogP) is 2.12. The molecule has 3 aliphatic carbocycles. The third kappa shape index (κ3) is 1.49. The van der Waals surface area contributed by atoms with Gasteiger partial charge in [0.1, 0.15) is 0 Å². The maximum atomic E-state index is 12.5. The van der Waals surface area contributed by atoms with Crippen LogP contribution in [0.1, 0.15) is 51.9 Å². The molecule has 4 aliphatic rings. The summed E-state index contributed by atoms with van der Waals surface area (Å²) in [5, 5.41) is 3.59. The minimum atomic E-state index is -0.113. The molecule has 1 amide bonds. The SMILES string of the molecule is CCC1NC2(CC2)C(=O)N1CC1CC2CCC1C2. The molecule has 100 valence electrons. The molecule has 3 nitrogen and oxygen atoms in total. The van der Waals surface area contributed by atoms with Crippen molar-refractivity contribution in [3.05, 3.63) is 0 Å². The number of amides is 1. The van der Waals surface area contributed by atoms with Gasteiger partial charge in [-0.05, 0) is 56.3 Å². The van der Waals surface area contributed by atoms with Gasteiger partial charge in [-0.3, -0.25) is 10.1 Å². The van der Waals surface area contributed by atoms with Crippen molar-refractivity contribution in [1.29, 1.82) is 0 Å². The molecule has 0 aromatic carbocycles. The maximum Gasteiger partial charge on any atom is 0.244 e. The van der Waals surface area contributed by atoms with Crippen molar-refractivity contribution in [1.82, 2.24) is 10.2 Å². The molecule has 1 heterocycles. The first-order chi connectivity index (χ1) is 8.72. The summed E-state index contributed by atoms with van der Waals surface area (Å²) in [5.41, 5.74) is -0.113. The Morgan fingerprint density at radius 3 is 2.72 bits per heavy atom. The molecule has 0 radical (unpaired) electrons. The zero-order chi connectivity index (χ0) is 12.3. The lowest BCUT2D eigenvalue weighted by molar-refractivity contribution is -0.131. The molecule has 1 spiro atoms. The number of carbonyl (C=O) groups is 1. The van der Waals surface area contributed by atoms with E-state index in [0.717, 1.165) is 43.6 Å². The number of hydrogen-bond donors (Lipinski definition) is 1. The van der Waals surface area contributed by atoms with E-state index in [1.807, 2.05) is 0 Å². The van der Waals surface area contributed by atoms with Crippen LogP contribution in [0, 0.1) is 17.8 Å². The standard InChI is InChI=1S/C15H24N2O/c1-2-13-16-15(5-6-15)14(18)17(13)9-12-8-10-3-4-11(12)7-10/h10-13,16H,2-9H2,1H3. The van der Waals surface area contributed by atoms with Gasteiger partial charge in [-0.25, -0.2) is 0 Å². The highest BCUT2D eigenvalue weighted by molar-refractivity contribution is 5.91. The van der Waals surface area contributed by atoms with E-state index in [-0.39, 0.29) is 5.54 Å². The minimum Gasteiger partial charge on any atom is -0.325 e. The second-order valence-electron chi connectivity index (χ2n) is 7.04. The highest BCUT2D eigenvalue weighted by Crippen LogP contribution is 2.50. The van der Waals surface area contributed by atoms with Gasteiger partial charge in [0.25, 0.3) is 0 Å². The van der Waals surface area contributed by atoms with Gasteiger partial charge in [-0.15, -0.1) is 0 Å². The van der Waals surface area contributed by atoms with Gasteiger partial charge in [-0.2, -0.15) is 0 Å². The van der Waals surface area contributed by atoms with Crippen molar-refractivity contribution in [2.75, 3.05) is 6.54 Å². The highest BCUT2D eigenvalue weighted by atomic mass is 16.2. The molecule has 0 aromatic rings. The summed E-state index contributed by atoms with van der Waals surface area (Å²) in [6, 6.07) is 0. The number of nitrogens with zero attached hydrogens (tertiary/aromatic N) is 1. The van der Waals surface area contributed by atoms with Gasteiger partial charge in [-0.1, -0.05) is 13.3 Å². The lowest BCUT2D eigenvalue weighted by Crippen LogP contribution is -2.41.